The first kappa shape index (κ1) is 19.9. The molecule has 0 unspecified atom stereocenters. The van der Waals surface area contributed by atoms with Gasteiger partial charge in [0.05, 0.1) is 13.1 Å². The van der Waals surface area contributed by atoms with Gasteiger partial charge in [-0.25, -0.2) is 32.0 Å². The van der Waals surface area contributed by atoms with Crippen LogP contribution in [0.3, 0.4) is 0 Å². The van der Waals surface area contributed by atoms with Crippen molar-refractivity contribution in [3.63, 3.8) is 0 Å². The molecule has 0 atom stereocenters. The number of aromatic nitrogens is 4. The lowest BCUT2D eigenvalue weighted by atomic mass is 10.1. The lowest BCUT2D eigenvalue weighted by molar-refractivity contribution is -0.107. The van der Waals surface area contributed by atoms with Crippen LogP contribution in [0.1, 0.15) is 0 Å². The van der Waals surface area contributed by atoms with Gasteiger partial charge in [0.2, 0.25) is 0 Å². The van der Waals surface area contributed by atoms with E-state index in [9.17, 15) is 22.4 Å². The number of urea groups is 1. The van der Waals surface area contributed by atoms with E-state index in [-0.39, 0.29) is 17.1 Å². The minimum Gasteiger partial charge on any atom is -0.312 e. The van der Waals surface area contributed by atoms with Gasteiger partial charge in [-0.2, -0.15) is 0 Å². The van der Waals surface area contributed by atoms with Crippen LogP contribution in [0, 0.1) is 11.6 Å². The number of fused-ring (bicyclic) bond motifs is 1. The Morgan fingerprint density at radius 3 is 2.62 bits per heavy atom. The Kier molecular flexibility index (Phi) is 4.54. The van der Waals surface area contributed by atoms with E-state index in [0.717, 1.165) is 11.0 Å². The van der Waals surface area contributed by atoms with E-state index < -0.39 is 36.7 Å². The minimum atomic E-state index is -2.88. The van der Waals surface area contributed by atoms with Crippen LogP contribution in [0.25, 0.3) is 28.0 Å². The predicted octanol–water partition coefficient (Wildman–Crippen LogP) is 4.24. The zero-order valence-electron chi connectivity index (χ0n) is 16.3. The summed E-state index contributed by atoms with van der Waals surface area (Å²) in [6.45, 7) is -1.33. The highest BCUT2D eigenvalue weighted by atomic mass is 19.3. The molecule has 0 bridgehead atoms. The summed E-state index contributed by atoms with van der Waals surface area (Å²) in [6, 6.07) is 7.46. The Labute approximate surface area is 178 Å². The van der Waals surface area contributed by atoms with Gasteiger partial charge in [0.1, 0.15) is 23.0 Å². The molecule has 0 spiro atoms. The van der Waals surface area contributed by atoms with E-state index in [1.807, 2.05) is 0 Å². The normalized spacial score (nSPS) is 14.9. The third-order valence-corrected chi connectivity index (χ3v) is 4.97. The summed E-state index contributed by atoms with van der Waals surface area (Å²) in [5.74, 6) is -4.01. The molecule has 0 saturated carbocycles. The first-order valence-corrected chi connectivity index (χ1v) is 9.49. The summed E-state index contributed by atoms with van der Waals surface area (Å²) >= 11 is 0. The number of nitrogens with one attached hydrogen (secondary N) is 1. The largest absolute Gasteiger partial charge is 0.322 e. The van der Waals surface area contributed by atoms with Gasteiger partial charge in [-0.3, -0.25) is 4.98 Å². The first-order chi connectivity index (χ1) is 15.3. The van der Waals surface area contributed by atoms with Crippen LogP contribution < -0.4 is 5.32 Å². The quantitative estimate of drug-likeness (QED) is 0.482. The molecule has 7 nitrogen and oxygen atoms in total. The molecule has 1 saturated heterocycles. The van der Waals surface area contributed by atoms with E-state index in [1.165, 1.54) is 47.5 Å². The molecule has 11 heteroatoms. The van der Waals surface area contributed by atoms with Crippen LogP contribution in [0.5, 0.6) is 0 Å². The summed E-state index contributed by atoms with van der Waals surface area (Å²) in [4.78, 5) is 21.2. The smallest absolute Gasteiger partial charge is 0.312 e. The van der Waals surface area contributed by atoms with Crippen molar-refractivity contribution >= 4 is 22.8 Å². The lowest BCUT2D eigenvalue weighted by Crippen LogP contribution is -2.59. The standard InChI is InChI=1S/C21H14F4N6O/c22-15-4-3-14(28-20(32)30-10-21(24,25)11-30)7-17(15)31-9-13-6-12(8-27-19(13)29-31)18-16(23)2-1-5-26-18/h1-9H,10-11H2,(H,28,32). The van der Waals surface area contributed by atoms with Gasteiger partial charge in [-0.1, -0.05) is 0 Å². The maximum atomic E-state index is 14.5. The van der Waals surface area contributed by atoms with Crippen LogP contribution in [0.15, 0.2) is 55.0 Å². The summed E-state index contributed by atoms with van der Waals surface area (Å²) in [5, 5.41) is 7.22. The van der Waals surface area contributed by atoms with E-state index >= 15 is 0 Å². The number of halogens is 4. The number of carbonyl (C=O) groups excluding carboxylic acids is 1. The fraction of sp³-hybridized carbons (Fsp3) is 0.143. The summed E-state index contributed by atoms with van der Waals surface area (Å²) < 4.78 is 55.7. The van der Waals surface area contributed by atoms with E-state index in [4.69, 9.17) is 0 Å². The highest BCUT2D eigenvalue weighted by molar-refractivity contribution is 5.90. The number of anilines is 1. The summed E-state index contributed by atoms with van der Waals surface area (Å²) in [7, 11) is 0. The molecule has 0 aliphatic carbocycles. The molecule has 1 fully saturated rings. The Bertz CT molecular complexity index is 1350. The number of amides is 2. The van der Waals surface area contributed by atoms with Gasteiger partial charge in [-0.15, -0.1) is 5.10 Å². The number of benzene rings is 1. The minimum absolute atomic E-state index is 0.0142. The first-order valence-electron chi connectivity index (χ1n) is 9.49. The molecule has 4 heterocycles. The molecular weight excluding hydrogens is 428 g/mol. The number of rotatable bonds is 3. The number of hydrogen-bond donors (Lipinski definition) is 1. The van der Waals surface area contributed by atoms with Crippen molar-refractivity contribution in [2.45, 2.75) is 5.92 Å². The fourth-order valence-corrected chi connectivity index (χ4v) is 3.39. The fourth-order valence-electron chi connectivity index (χ4n) is 3.39. The van der Waals surface area contributed by atoms with Crippen LogP contribution in [-0.2, 0) is 0 Å². The van der Waals surface area contributed by atoms with Gasteiger partial charge >= 0.3 is 6.03 Å². The second kappa shape index (κ2) is 7.29. The Morgan fingerprint density at radius 1 is 1.06 bits per heavy atom. The number of hydrogen-bond acceptors (Lipinski definition) is 4. The van der Waals surface area contributed by atoms with Gasteiger partial charge in [0, 0.05) is 35.2 Å². The van der Waals surface area contributed by atoms with Crippen molar-refractivity contribution in [3.8, 4) is 16.9 Å². The molecule has 1 aliphatic heterocycles. The molecule has 1 aliphatic rings. The highest BCUT2D eigenvalue weighted by Gasteiger charge is 2.46. The van der Waals surface area contributed by atoms with Crippen molar-refractivity contribution < 1.29 is 22.4 Å². The Hall–Kier alpha value is -4.02. The molecule has 1 aromatic carbocycles. The number of pyridine rings is 2. The molecule has 3 aromatic heterocycles. The SMILES string of the molecule is O=C(Nc1ccc(F)c(-n2cc3cc(-c4ncccc4F)cnc3n2)c1)N1CC(F)(F)C1. The molecule has 1 N–H and O–H groups in total. The van der Waals surface area contributed by atoms with Crippen LogP contribution in [0.4, 0.5) is 28.0 Å². The Balaban J connectivity index is 1.44. The molecular formula is C21H14F4N6O. The van der Waals surface area contributed by atoms with Gasteiger partial charge in [-0.05, 0) is 36.4 Å². The molecule has 4 aromatic rings. The molecule has 5 rings (SSSR count). The second-order valence-electron chi connectivity index (χ2n) is 7.35. The number of nitrogens with zero attached hydrogens (tertiary/aromatic N) is 5. The number of carbonyl (C=O) groups is 1. The van der Waals surface area contributed by atoms with Crippen LogP contribution >= 0.6 is 0 Å². The third-order valence-electron chi connectivity index (χ3n) is 4.97. The monoisotopic (exact) mass is 442 g/mol. The van der Waals surface area contributed by atoms with Crippen molar-refractivity contribution in [2.24, 2.45) is 0 Å². The van der Waals surface area contributed by atoms with Gasteiger partial charge in [0.15, 0.2) is 5.65 Å². The summed E-state index contributed by atoms with van der Waals surface area (Å²) in [6.07, 6.45) is 4.39. The third kappa shape index (κ3) is 3.61. The Morgan fingerprint density at radius 2 is 1.88 bits per heavy atom. The van der Waals surface area contributed by atoms with Crippen LogP contribution in [-0.4, -0.2) is 49.7 Å². The second-order valence-corrected chi connectivity index (χ2v) is 7.35. The van der Waals surface area contributed by atoms with E-state index in [2.05, 4.69) is 20.4 Å². The summed E-state index contributed by atoms with van der Waals surface area (Å²) in [5.41, 5.74) is 1.08. The van der Waals surface area contributed by atoms with E-state index in [1.54, 1.807) is 6.07 Å². The maximum Gasteiger partial charge on any atom is 0.322 e. The van der Waals surface area contributed by atoms with Gasteiger partial charge in [0.25, 0.3) is 5.92 Å². The lowest BCUT2D eigenvalue weighted by Gasteiger charge is -2.38. The number of alkyl halides is 2. The zero-order valence-corrected chi connectivity index (χ0v) is 16.3. The van der Waals surface area contributed by atoms with Crippen molar-refractivity contribution in [1.82, 2.24) is 24.6 Å². The van der Waals surface area contributed by atoms with Crippen molar-refractivity contribution in [1.29, 1.82) is 0 Å². The van der Waals surface area contributed by atoms with Crippen molar-refractivity contribution in [2.75, 3.05) is 18.4 Å². The molecule has 162 valence electrons. The molecule has 2 amide bonds. The van der Waals surface area contributed by atoms with Gasteiger partial charge < -0.3 is 10.2 Å². The van der Waals surface area contributed by atoms with Crippen LogP contribution in [0.2, 0.25) is 0 Å². The van der Waals surface area contributed by atoms with Crippen molar-refractivity contribution in [3.05, 3.63) is 66.6 Å². The predicted molar refractivity (Wildman–Crippen MR) is 108 cm³/mol. The zero-order chi connectivity index (χ0) is 22.5. The maximum absolute atomic E-state index is 14.5. The molecule has 0 radical (unpaired) electrons. The average molecular weight is 442 g/mol. The number of likely N-dealkylation sites (tertiary alicyclic amines) is 1. The average Bonchev–Trinajstić information content (AvgIpc) is 3.16. The highest BCUT2D eigenvalue weighted by Crippen LogP contribution is 2.28. The topological polar surface area (TPSA) is 75.9 Å². The molecule has 32 heavy (non-hydrogen) atoms. The van der Waals surface area contributed by atoms with E-state index in [0.29, 0.717) is 16.6 Å².